The van der Waals surface area contributed by atoms with Crippen molar-refractivity contribution < 1.29 is 9.90 Å². The minimum atomic E-state index is -0.317. The molecular formula is C21H26N2O2. The van der Waals surface area contributed by atoms with Gasteiger partial charge in [0, 0.05) is 25.7 Å². The van der Waals surface area contributed by atoms with Gasteiger partial charge in [0.15, 0.2) is 0 Å². The third-order valence-corrected chi connectivity index (χ3v) is 4.72. The predicted molar refractivity (Wildman–Crippen MR) is 99.2 cm³/mol. The van der Waals surface area contributed by atoms with E-state index in [0.717, 1.165) is 12.1 Å². The lowest BCUT2D eigenvalue weighted by atomic mass is 10.1. The molecule has 0 saturated carbocycles. The lowest BCUT2D eigenvalue weighted by Crippen LogP contribution is -2.40. The molecule has 4 heteroatoms. The van der Waals surface area contributed by atoms with Gasteiger partial charge in [-0.25, -0.2) is 0 Å². The van der Waals surface area contributed by atoms with Crippen molar-refractivity contribution in [2.45, 2.75) is 38.5 Å². The van der Waals surface area contributed by atoms with Crippen molar-refractivity contribution in [3.63, 3.8) is 0 Å². The van der Waals surface area contributed by atoms with Gasteiger partial charge in [0.05, 0.1) is 12.5 Å². The number of carbonyl (C=O) groups is 1. The maximum absolute atomic E-state index is 12.2. The van der Waals surface area contributed by atoms with E-state index in [2.05, 4.69) is 22.3 Å². The van der Waals surface area contributed by atoms with Crippen molar-refractivity contribution in [3.05, 3.63) is 71.3 Å². The Balaban J connectivity index is 1.52. The summed E-state index contributed by atoms with van der Waals surface area (Å²) in [5, 5.41) is 13.1. The third-order valence-electron chi connectivity index (χ3n) is 4.72. The Bertz CT molecular complexity index is 702. The fourth-order valence-corrected chi connectivity index (χ4v) is 3.48. The number of nitrogens with zero attached hydrogens (tertiary/aromatic N) is 1. The molecule has 3 rings (SSSR count). The van der Waals surface area contributed by atoms with Crippen LogP contribution >= 0.6 is 0 Å². The first-order valence-corrected chi connectivity index (χ1v) is 8.88. The van der Waals surface area contributed by atoms with Crippen LogP contribution in [0.15, 0.2) is 54.6 Å². The molecule has 0 radical (unpaired) electrons. The molecule has 2 aromatic rings. The van der Waals surface area contributed by atoms with Crippen LogP contribution in [0.4, 0.5) is 0 Å². The van der Waals surface area contributed by atoms with Crippen molar-refractivity contribution in [3.8, 4) is 0 Å². The third kappa shape index (κ3) is 5.15. The average molecular weight is 338 g/mol. The van der Waals surface area contributed by atoms with E-state index < -0.39 is 0 Å². The van der Waals surface area contributed by atoms with Gasteiger partial charge in [0.2, 0.25) is 5.91 Å². The number of benzene rings is 2. The Hall–Kier alpha value is -2.17. The van der Waals surface area contributed by atoms with Gasteiger partial charge in [-0.3, -0.25) is 9.69 Å². The Morgan fingerprint density at radius 1 is 1.16 bits per heavy atom. The number of aryl methyl sites for hydroxylation is 1. The van der Waals surface area contributed by atoms with Crippen molar-refractivity contribution in [2.24, 2.45) is 0 Å². The molecule has 0 spiro atoms. The topological polar surface area (TPSA) is 52.6 Å². The molecule has 0 aromatic heterocycles. The Kier molecular flexibility index (Phi) is 5.84. The lowest BCUT2D eigenvalue weighted by molar-refractivity contribution is -0.120. The monoisotopic (exact) mass is 338 g/mol. The van der Waals surface area contributed by atoms with Crippen molar-refractivity contribution in [1.29, 1.82) is 0 Å². The van der Waals surface area contributed by atoms with Gasteiger partial charge in [-0.1, -0.05) is 60.2 Å². The number of amides is 1. The first kappa shape index (κ1) is 17.6. The fraction of sp³-hybridized carbons (Fsp3) is 0.381. The van der Waals surface area contributed by atoms with E-state index in [4.69, 9.17) is 0 Å². The number of rotatable bonds is 6. The van der Waals surface area contributed by atoms with E-state index in [1.807, 2.05) is 49.4 Å². The molecule has 25 heavy (non-hydrogen) atoms. The van der Waals surface area contributed by atoms with E-state index in [9.17, 15) is 9.90 Å². The molecule has 2 unspecified atom stereocenters. The maximum Gasteiger partial charge on any atom is 0.224 e. The minimum absolute atomic E-state index is 0.0339. The molecule has 132 valence electrons. The molecule has 2 atom stereocenters. The molecule has 0 aliphatic carbocycles. The van der Waals surface area contributed by atoms with Crippen LogP contribution in [0.5, 0.6) is 0 Å². The molecule has 0 bridgehead atoms. The molecule has 1 heterocycles. The summed E-state index contributed by atoms with van der Waals surface area (Å²) in [7, 11) is 0. The molecule has 2 N–H and O–H groups in total. The summed E-state index contributed by atoms with van der Waals surface area (Å²) in [6.45, 7) is 4.07. The molecule has 1 saturated heterocycles. The smallest absolute Gasteiger partial charge is 0.224 e. The van der Waals surface area contributed by atoms with Crippen LogP contribution in [-0.4, -0.2) is 41.1 Å². The summed E-state index contributed by atoms with van der Waals surface area (Å²) in [4.78, 5) is 14.5. The van der Waals surface area contributed by atoms with E-state index in [1.54, 1.807) is 0 Å². The zero-order valence-electron chi connectivity index (χ0n) is 14.7. The summed E-state index contributed by atoms with van der Waals surface area (Å²) < 4.78 is 0. The van der Waals surface area contributed by atoms with Gasteiger partial charge < -0.3 is 10.4 Å². The Morgan fingerprint density at radius 3 is 2.68 bits per heavy atom. The van der Waals surface area contributed by atoms with Gasteiger partial charge in [-0.05, 0) is 24.5 Å². The number of carbonyl (C=O) groups excluding carboxylic acids is 1. The fourth-order valence-electron chi connectivity index (χ4n) is 3.48. The number of hydrogen-bond acceptors (Lipinski definition) is 3. The highest BCUT2D eigenvalue weighted by Crippen LogP contribution is 2.20. The van der Waals surface area contributed by atoms with Gasteiger partial charge >= 0.3 is 0 Å². The van der Waals surface area contributed by atoms with Crippen LogP contribution in [0.3, 0.4) is 0 Å². The lowest BCUT2D eigenvalue weighted by Gasteiger charge is -2.24. The second-order valence-corrected chi connectivity index (χ2v) is 6.93. The van der Waals surface area contributed by atoms with Gasteiger partial charge in [-0.15, -0.1) is 0 Å². The van der Waals surface area contributed by atoms with Crippen LogP contribution in [0.2, 0.25) is 0 Å². The Morgan fingerprint density at radius 2 is 1.92 bits per heavy atom. The standard InChI is InChI=1S/C21H26N2O2/c1-16-6-5-9-18(10-16)11-21(25)22-13-19-12-20(24)15-23(19)14-17-7-3-2-4-8-17/h2-10,19-20,24H,11-15H2,1H3,(H,22,25). The van der Waals surface area contributed by atoms with Gasteiger partial charge in [-0.2, -0.15) is 0 Å². The van der Waals surface area contributed by atoms with Gasteiger partial charge in [0.25, 0.3) is 0 Å². The summed E-state index contributed by atoms with van der Waals surface area (Å²) in [6, 6.07) is 18.5. The molecule has 4 nitrogen and oxygen atoms in total. The number of β-amino-alcohol motifs (C(OH)–C–C–N with tert-alkyl or cyclic N) is 1. The molecule has 1 aliphatic heterocycles. The second kappa shape index (κ2) is 8.28. The zero-order chi connectivity index (χ0) is 17.6. The second-order valence-electron chi connectivity index (χ2n) is 6.93. The summed E-state index contributed by atoms with van der Waals surface area (Å²) in [5.41, 5.74) is 3.43. The first-order chi connectivity index (χ1) is 12.1. The summed E-state index contributed by atoms with van der Waals surface area (Å²) in [6.07, 6.45) is 0.787. The van der Waals surface area contributed by atoms with Crippen molar-refractivity contribution >= 4 is 5.91 Å². The zero-order valence-corrected chi connectivity index (χ0v) is 14.7. The van der Waals surface area contributed by atoms with Gasteiger partial charge in [0.1, 0.15) is 0 Å². The first-order valence-electron chi connectivity index (χ1n) is 8.88. The molecule has 2 aromatic carbocycles. The number of aliphatic hydroxyl groups excluding tert-OH is 1. The van der Waals surface area contributed by atoms with Crippen LogP contribution in [0.1, 0.15) is 23.1 Å². The SMILES string of the molecule is Cc1cccc(CC(=O)NCC2CC(O)CN2Cc2ccccc2)c1. The van der Waals surface area contributed by atoms with Crippen LogP contribution < -0.4 is 5.32 Å². The molecule has 1 aliphatic rings. The number of hydrogen-bond donors (Lipinski definition) is 2. The number of nitrogens with one attached hydrogen (secondary N) is 1. The van der Waals surface area contributed by atoms with Crippen LogP contribution in [0, 0.1) is 6.92 Å². The van der Waals surface area contributed by atoms with E-state index in [-0.39, 0.29) is 18.1 Å². The van der Waals surface area contributed by atoms with E-state index >= 15 is 0 Å². The van der Waals surface area contributed by atoms with Crippen molar-refractivity contribution in [1.82, 2.24) is 10.2 Å². The molecule has 1 fully saturated rings. The summed E-state index contributed by atoms with van der Waals surface area (Å²) >= 11 is 0. The maximum atomic E-state index is 12.2. The predicted octanol–water partition coefficient (Wildman–Crippen LogP) is 2.29. The van der Waals surface area contributed by atoms with Crippen molar-refractivity contribution in [2.75, 3.05) is 13.1 Å². The number of aliphatic hydroxyl groups is 1. The highest BCUT2D eigenvalue weighted by atomic mass is 16.3. The van der Waals surface area contributed by atoms with Crippen LogP contribution in [-0.2, 0) is 17.8 Å². The van der Waals surface area contributed by atoms with E-state index in [1.165, 1.54) is 11.1 Å². The molecule has 1 amide bonds. The largest absolute Gasteiger partial charge is 0.392 e. The number of likely N-dealkylation sites (tertiary alicyclic amines) is 1. The van der Waals surface area contributed by atoms with Crippen LogP contribution in [0.25, 0.3) is 0 Å². The Labute approximate surface area is 149 Å². The highest BCUT2D eigenvalue weighted by molar-refractivity contribution is 5.78. The minimum Gasteiger partial charge on any atom is -0.392 e. The molecular weight excluding hydrogens is 312 g/mol. The van der Waals surface area contributed by atoms with E-state index in [0.29, 0.717) is 25.9 Å². The highest BCUT2D eigenvalue weighted by Gasteiger charge is 2.30. The average Bonchev–Trinajstić information content (AvgIpc) is 2.93. The normalized spacial score (nSPS) is 20.6. The summed E-state index contributed by atoms with van der Waals surface area (Å²) in [5.74, 6) is 0.0339. The quantitative estimate of drug-likeness (QED) is 0.850.